The van der Waals surface area contributed by atoms with E-state index in [-0.39, 0.29) is 6.23 Å². The van der Waals surface area contributed by atoms with Gasteiger partial charge in [0.15, 0.2) is 0 Å². The van der Waals surface area contributed by atoms with Crippen molar-refractivity contribution < 1.29 is 23.2 Å². The Morgan fingerprint density at radius 2 is 1.86 bits per heavy atom. The molecular weight excluding hydrogens is 466 g/mol. The maximum Gasteiger partial charge on any atom is 0.236 e. The zero-order chi connectivity index (χ0) is 24.8. The summed E-state index contributed by atoms with van der Waals surface area (Å²) in [7, 11) is -1.55. The highest BCUT2D eigenvalue weighted by Crippen LogP contribution is 2.32. The van der Waals surface area contributed by atoms with E-state index >= 15 is 0 Å². The quantitative estimate of drug-likeness (QED) is 0.482. The van der Waals surface area contributed by atoms with Crippen LogP contribution < -0.4 is 15.9 Å². The van der Waals surface area contributed by atoms with E-state index < -0.39 is 21.5 Å². The first kappa shape index (κ1) is 25.2. The molecule has 2 unspecified atom stereocenters. The van der Waals surface area contributed by atoms with Gasteiger partial charge in [0.25, 0.3) is 0 Å². The van der Waals surface area contributed by atoms with E-state index in [2.05, 4.69) is 48.6 Å². The van der Waals surface area contributed by atoms with Gasteiger partial charge >= 0.3 is 0 Å². The van der Waals surface area contributed by atoms with Crippen molar-refractivity contribution in [3.05, 3.63) is 59.7 Å². The molecule has 0 aliphatic carbocycles. The molecule has 9 heteroatoms. The number of rotatable bonds is 10. The molecule has 188 valence electrons. The third-order valence-electron chi connectivity index (χ3n) is 6.41. The SMILES string of the molecule is CC(C)c1ccc(C2NN=C(CCCOc3ccc(S(=O)C4(C(N)=O)CCOCC4)cc3)O2)cc1. The Bertz CT molecular complexity index is 1060. The molecule has 0 aromatic heterocycles. The van der Waals surface area contributed by atoms with Crippen LogP contribution in [0.5, 0.6) is 5.75 Å². The lowest BCUT2D eigenvalue weighted by Gasteiger charge is -2.33. The standard InChI is InChI=1S/C26H33N3O5S/c1-18(2)19-5-7-20(8-6-19)24-29-28-23(34-24)4-3-15-33-21-9-11-22(12-10-21)35(31)26(25(27)30)13-16-32-17-14-26/h5-12,18,24,29H,3-4,13-17H2,1-2H3,(H2,27,30). The number of nitrogens with zero attached hydrogens (tertiary/aromatic N) is 1. The number of benzene rings is 2. The van der Waals surface area contributed by atoms with Crippen LogP contribution in [0.2, 0.25) is 0 Å². The van der Waals surface area contributed by atoms with Crippen molar-refractivity contribution in [1.29, 1.82) is 0 Å². The van der Waals surface area contributed by atoms with Gasteiger partial charge in [0.1, 0.15) is 10.5 Å². The Morgan fingerprint density at radius 1 is 1.17 bits per heavy atom. The van der Waals surface area contributed by atoms with E-state index in [1.165, 1.54) is 5.56 Å². The second-order valence-corrected chi connectivity index (χ2v) is 10.9. The minimum atomic E-state index is -1.55. The number of hydrazone groups is 1. The molecule has 8 nitrogen and oxygen atoms in total. The summed E-state index contributed by atoms with van der Waals surface area (Å²) in [5.74, 6) is 1.28. The third-order valence-corrected chi connectivity index (χ3v) is 8.43. The molecule has 3 N–H and O–H groups in total. The summed E-state index contributed by atoms with van der Waals surface area (Å²) in [5, 5.41) is 4.30. The Balaban J connectivity index is 1.22. The summed E-state index contributed by atoms with van der Waals surface area (Å²) < 4.78 is 29.1. The summed E-state index contributed by atoms with van der Waals surface area (Å²) in [4.78, 5) is 12.7. The minimum absolute atomic E-state index is 0.264. The van der Waals surface area contributed by atoms with Crippen LogP contribution in [-0.4, -0.2) is 40.6 Å². The highest BCUT2D eigenvalue weighted by atomic mass is 32.2. The molecule has 4 rings (SSSR count). The first-order valence-corrected chi connectivity index (χ1v) is 13.1. The van der Waals surface area contributed by atoms with Crippen LogP contribution in [-0.2, 0) is 25.1 Å². The summed E-state index contributed by atoms with van der Waals surface area (Å²) >= 11 is 0. The highest BCUT2D eigenvalue weighted by molar-refractivity contribution is 7.87. The number of ether oxygens (including phenoxy) is 3. The van der Waals surface area contributed by atoms with E-state index in [1.807, 2.05) is 0 Å². The highest BCUT2D eigenvalue weighted by Gasteiger charge is 2.45. The van der Waals surface area contributed by atoms with Crippen molar-refractivity contribution >= 4 is 22.6 Å². The third kappa shape index (κ3) is 5.85. The number of nitrogens with two attached hydrogens (primary N) is 1. The lowest BCUT2D eigenvalue weighted by molar-refractivity contribution is -0.122. The van der Waals surface area contributed by atoms with Gasteiger partial charge in [0.05, 0.1) is 17.4 Å². The van der Waals surface area contributed by atoms with E-state index in [1.54, 1.807) is 24.3 Å². The van der Waals surface area contributed by atoms with Crippen LogP contribution in [0.4, 0.5) is 0 Å². The molecule has 2 aliphatic heterocycles. The van der Waals surface area contributed by atoms with Crippen LogP contribution >= 0.6 is 0 Å². The van der Waals surface area contributed by atoms with Crippen LogP contribution in [0, 0.1) is 0 Å². The molecule has 0 bridgehead atoms. The lowest BCUT2D eigenvalue weighted by atomic mass is 9.98. The average molecular weight is 500 g/mol. The van der Waals surface area contributed by atoms with Gasteiger partial charge < -0.3 is 19.9 Å². The van der Waals surface area contributed by atoms with Gasteiger partial charge in [-0.3, -0.25) is 14.4 Å². The Labute approximate surface area is 208 Å². The zero-order valence-corrected chi connectivity index (χ0v) is 21.0. The van der Waals surface area contributed by atoms with Gasteiger partial charge in [0.2, 0.25) is 18.0 Å². The molecule has 1 amide bonds. The summed E-state index contributed by atoms with van der Waals surface area (Å²) in [6.07, 6.45) is 1.84. The Morgan fingerprint density at radius 3 is 2.49 bits per heavy atom. The molecular formula is C26H33N3O5S. The zero-order valence-electron chi connectivity index (χ0n) is 20.2. The van der Waals surface area contributed by atoms with Crippen molar-refractivity contribution in [2.75, 3.05) is 19.8 Å². The molecule has 2 atom stereocenters. The fraction of sp³-hybridized carbons (Fsp3) is 0.462. The van der Waals surface area contributed by atoms with Gasteiger partial charge in [-0.1, -0.05) is 38.1 Å². The van der Waals surface area contributed by atoms with Gasteiger partial charge in [-0.05, 0) is 55.0 Å². The summed E-state index contributed by atoms with van der Waals surface area (Å²) in [6, 6.07) is 15.4. The largest absolute Gasteiger partial charge is 0.494 e. The molecule has 2 heterocycles. The number of primary amides is 1. The number of hydrogen-bond acceptors (Lipinski definition) is 7. The smallest absolute Gasteiger partial charge is 0.236 e. The van der Waals surface area contributed by atoms with Crippen molar-refractivity contribution in [2.24, 2.45) is 10.8 Å². The molecule has 0 saturated carbocycles. The topological polar surface area (TPSA) is 112 Å². The first-order valence-electron chi connectivity index (χ1n) is 12.0. The van der Waals surface area contributed by atoms with Gasteiger partial charge in [-0.2, -0.15) is 0 Å². The van der Waals surface area contributed by atoms with Crippen LogP contribution in [0.25, 0.3) is 0 Å². The molecule has 2 aromatic rings. The van der Waals surface area contributed by atoms with E-state index in [0.717, 1.165) is 12.0 Å². The van der Waals surface area contributed by atoms with Crippen LogP contribution in [0.1, 0.15) is 62.8 Å². The number of carbonyl (C=O) groups excluding carboxylic acids is 1. The maximum atomic E-state index is 13.1. The molecule has 2 aliphatic rings. The van der Waals surface area contributed by atoms with Gasteiger partial charge in [-0.25, -0.2) is 0 Å². The monoisotopic (exact) mass is 499 g/mol. The van der Waals surface area contributed by atoms with Gasteiger partial charge in [0, 0.05) is 30.1 Å². The summed E-state index contributed by atoms with van der Waals surface area (Å²) in [6.45, 7) is 5.59. The molecule has 0 radical (unpaired) electrons. The first-order chi connectivity index (χ1) is 16.9. The number of nitrogens with one attached hydrogen (secondary N) is 1. The van der Waals surface area contributed by atoms with Crippen molar-refractivity contribution in [3.63, 3.8) is 0 Å². The number of carbonyl (C=O) groups is 1. The fourth-order valence-electron chi connectivity index (χ4n) is 4.16. The van der Waals surface area contributed by atoms with Crippen molar-refractivity contribution in [1.82, 2.24) is 5.43 Å². The average Bonchev–Trinajstić information content (AvgIpc) is 3.36. The van der Waals surface area contributed by atoms with E-state index in [4.69, 9.17) is 19.9 Å². The predicted molar refractivity (Wildman–Crippen MR) is 134 cm³/mol. The Hall–Kier alpha value is -2.91. The second kappa shape index (κ2) is 11.2. The van der Waals surface area contributed by atoms with E-state index in [0.29, 0.717) is 61.5 Å². The van der Waals surface area contributed by atoms with Crippen molar-refractivity contribution in [2.45, 2.75) is 61.3 Å². The van der Waals surface area contributed by atoms with Crippen molar-refractivity contribution in [3.8, 4) is 5.75 Å². The van der Waals surface area contributed by atoms with E-state index in [9.17, 15) is 9.00 Å². The molecule has 2 aromatic carbocycles. The lowest BCUT2D eigenvalue weighted by Crippen LogP contribution is -2.51. The minimum Gasteiger partial charge on any atom is -0.494 e. The molecule has 1 fully saturated rings. The van der Waals surface area contributed by atoms with Crippen LogP contribution in [0.15, 0.2) is 58.5 Å². The normalized spacial score (nSPS) is 20.0. The van der Waals surface area contributed by atoms with Gasteiger partial charge in [-0.15, -0.1) is 5.10 Å². The molecule has 0 spiro atoms. The summed E-state index contributed by atoms with van der Waals surface area (Å²) in [5.41, 5.74) is 11.0. The number of hydrogen-bond donors (Lipinski definition) is 2. The predicted octanol–water partition coefficient (Wildman–Crippen LogP) is 3.74. The second-order valence-electron chi connectivity index (χ2n) is 9.12. The van der Waals surface area contributed by atoms with Crippen LogP contribution in [0.3, 0.4) is 0 Å². The molecule has 35 heavy (non-hydrogen) atoms. The number of amides is 1. The Kier molecular flexibility index (Phi) is 8.07. The molecule has 1 saturated heterocycles. The fourth-order valence-corrected chi connectivity index (χ4v) is 5.71. The maximum absolute atomic E-state index is 13.1.